The molecule has 0 unspecified atom stereocenters. The van der Waals surface area contributed by atoms with Gasteiger partial charge in [0.25, 0.3) is 5.91 Å². The molecule has 0 atom stereocenters. The highest BCUT2D eigenvalue weighted by molar-refractivity contribution is 5.98. The monoisotopic (exact) mass is 249 g/mol. The quantitative estimate of drug-likeness (QED) is 0.794. The number of anilines is 1. The number of rotatable bonds is 6. The number of pyridine rings is 1. The van der Waals surface area contributed by atoms with Crippen LogP contribution in [0.15, 0.2) is 18.5 Å². The first-order valence-electron chi connectivity index (χ1n) is 6.13. The lowest BCUT2D eigenvalue weighted by Crippen LogP contribution is -2.31. The highest BCUT2D eigenvalue weighted by Crippen LogP contribution is 2.48. The molecule has 0 aromatic carbocycles. The van der Waals surface area contributed by atoms with Crippen LogP contribution in [0.1, 0.15) is 29.6 Å². The Morgan fingerprint density at radius 3 is 3.00 bits per heavy atom. The predicted octanol–water partition coefficient (Wildman–Crippen LogP) is 1.21. The number of aromatic nitrogens is 1. The van der Waals surface area contributed by atoms with E-state index in [0.29, 0.717) is 17.8 Å². The minimum atomic E-state index is -0.126. The third-order valence-electron chi connectivity index (χ3n) is 3.51. The molecule has 0 aliphatic heterocycles. The number of nitrogens with two attached hydrogens (primary N) is 1. The van der Waals surface area contributed by atoms with E-state index in [9.17, 15) is 4.79 Å². The number of nitrogens with zero attached hydrogens (tertiary/aromatic N) is 1. The summed E-state index contributed by atoms with van der Waals surface area (Å²) in [5.41, 5.74) is 6.86. The van der Waals surface area contributed by atoms with Gasteiger partial charge in [0, 0.05) is 26.5 Å². The van der Waals surface area contributed by atoms with Crippen molar-refractivity contribution in [3.8, 4) is 0 Å². The second kappa shape index (κ2) is 5.35. The summed E-state index contributed by atoms with van der Waals surface area (Å²) in [6, 6.07) is 1.64. The van der Waals surface area contributed by atoms with Crippen molar-refractivity contribution < 1.29 is 9.53 Å². The molecule has 98 valence electrons. The molecule has 1 aliphatic carbocycles. The van der Waals surface area contributed by atoms with Crippen molar-refractivity contribution in [2.75, 3.05) is 26.0 Å². The molecule has 0 radical (unpaired) electrons. The highest BCUT2D eigenvalue weighted by atomic mass is 16.5. The van der Waals surface area contributed by atoms with Crippen LogP contribution in [0.25, 0.3) is 0 Å². The number of hydrogen-bond donors (Lipinski definition) is 2. The molecule has 1 saturated carbocycles. The largest absolute Gasteiger partial charge is 0.397 e. The zero-order chi connectivity index (χ0) is 13.0. The summed E-state index contributed by atoms with van der Waals surface area (Å²) in [6.07, 6.45) is 6.37. The lowest BCUT2D eigenvalue weighted by Gasteiger charge is -2.15. The highest BCUT2D eigenvalue weighted by Gasteiger charge is 2.42. The number of nitrogens with one attached hydrogen (secondary N) is 1. The van der Waals surface area contributed by atoms with Crippen molar-refractivity contribution in [3.63, 3.8) is 0 Å². The lowest BCUT2D eigenvalue weighted by molar-refractivity contribution is 0.0938. The van der Waals surface area contributed by atoms with Crippen molar-refractivity contribution in [3.05, 3.63) is 24.0 Å². The van der Waals surface area contributed by atoms with Crippen molar-refractivity contribution >= 4 is 11.6 Å². The number of amides is 1. The van der Waals surface area contributed by atoms with Crippen molar-refractivity contribution in [2.45, 2.75) is 19.3 Å². The van der Waals surface area contributed by atoms with Crippen LogP contribution in [0, 0.1) is 5.41 Å². The van der Waals surface area contributed by atoms with Crippen LogP contribution in [-0.2, 0) is 4.74 Å². The molecule has 1 aromatic heterocycles. The molecule has 1 amide bonds. The van der Waals surface area contributed by atoms with E-state index in [1.807, 2.05) is 0 Å². The van der Waals surface area contributed by atoms with Crippen LogP contribution in [-0.4, -0.2) is 31.2 Å². The van der Waals surface area contributed by atoms with Gasteiger partial charge < -0.3 is 15.8 Å². The van der Waals surface area contributed by atoms with E-state index < -0.39 is 0 Å². The molecule has 0 saturated heterocycles. The van der Waals surface area contributed by atoms with E-state index in [-0.39, 0.29) is 11.3 Å². The molecule has 5 nitrogen and oxygen atoms in total. The summed E-state index contributed by atoms with van der Waals surface area (Å²) in [5.74, 6) is -0.126. The van der Waals surface area contributed by atoms with Crippen molar-refractivity contribution in [1.82, 2.24) is 10.3 Å². The van der Waals surface area contributed by atoms with Crippen molar-refractivity contribution in [1.29, 1.82) is 0 Å². The van der Waals surface area contributed by atoms with E-state index >= 15 is 0 Å². The fourth-order valence-electron chi connectivity index (χ4n) is 1.99. The van der Waals surface area contributed by atoms with Gasteiger partial charge in [-0.1, -0.05) is 0 Å². The Balaban J connectivity index is 1.87. The van der Waals surface area contributed by atoms with E-state index in [1.165, 1.54) is 6.20 Å². The topological polar surface area (TPSA) is 77.2 Å². The molecule has 3 N–H and O–H groups in total. The van der Waals surface area contributed by atoms with Crippen LogP contribution in [0.2, 0.25) is 0 Å². The van der Waals surface area contributed by atoms with Gasteiger partial charge in [0.05, 0.1) is 17.4 Å². The smallest absolute Gasteiger partial charge is 0.253 e. The van der Waals surface area contributed by atoms with Crippen LogP contribution < -0.4 is 11.1 Å². The van der Waals surface area contributed by atoms with Crippen LogP contribution in [0.4, 0.5) is 5.69 Å². The molecule has 1 aromatic rings. The Hall–Kier alpha value is -1.62. The first kappa shape index (κ1) is 12.8. The minimum absolute atomic E-state index is 0.126. The lowest BCUT2D eigenvalue weighted by atomic mass is 10.0. The zero-order valence-electron chi connectivity index (χ0n) is 10.6. The van der Waals surface area contributed by atoms with Crippen molar-refractivity contribution in [2.24, 2.45) is 5.41 Å². The van der Waals surface area contributed by atoms with E-state index in [2.05, 4.69) is 10.3 Å². The Morgan fingerprint density at radius 1 is 1.61 bits per heavy atom. The van der Waals surface area contributed by atoms with Gasteiger partial charge in [-0.3, -0.25) is 9.78 Å². The van der Waals surface area contributed by atoms with E-state index in [1.54, 1.807) is 19.4 Å². The average Bonchev–Trinajstić information content (AvgIpc) is 3.15. The summed E-state index contributed by atoms with van der Waals surface area (Å²) in [7, 11) is 1.70. The maximum Gasteiger partial charge on any atom is 0.253 e. The predicted molar refractivity (Wildman–Crippen MR) is 69.1 cm³/mol. The Morgan fingerprint density at radius 2 is 2.39 bits per heavy atom. The molecule has 0 bridgehead atoms. The molecular weight excluding hydrogens is 230 g/mol. The summed E-state index contributed by atoms with van der Waals surface area (Å²) in [6.45, 7) is 1.43. The van der Waals surface area contributed by atoms with E-state index in [4.69, 9.17) is 10.5 Å². The second-order valence-electron chi connectivity index (χ2n) is 4.89. The van der Waals surface area contributed by atoms with Crippen LogP contribution in [0.5, 0.6) is 0 Å². The summed E-state index contributed by atoms with van der Waals surface area (Å²) >= 11 is 0. The molecule has 18 heavy (non-hydrogen) atoms. The molecule has 1 heterocycles. The van der Waals surface area contributed by atoms with Gasteiger partial charge in [-0.05, 0) is 30.7 Å². The van der Waals surface area contributed by atoms with Gasteiger partial charge in [0.15, 0.2) is 0 Å². The molecule has 2 rings (SSSR count). The fourth-order valence-corrected chi connectivity index (χ4v) is 1.99. The average molecular weight is 249 g/mol. The Labute approximate surface area is 107 Å². The van der Waals surface area contributed by atoms with Gasteiger partial charge in [-0.2, -0.15) is 0 Å². The fraction of sp³-hybridized carbons (Fsp3) is 0.538. The molecule has 0 spiro atoms. The first-order valence-corrected chi connectivity index (χ1v) is 6.13. The molecule has 5 heteroatoms. The standard InChI is InChI=1S/C13H19N3O2/c1-18-7-5-13(3-4-13)9-16-12(17)10-2-6-15-8-11(10)14/h2,6,8H,3-5,7,9,14H2,1H3,(H,16,17). The number of ether oxygens (including phenoxy) is 1. The SMILES string of the molecule is COCCC1(CNC(=O)c2ccncc2N)CC1. The third-order valence-corrected chi connectivity index (χ3v) is 3.51. The molecule has 1 aliphatic rings. The van der Waals surface area contributed by atoms with Gasteiger partial charge in [-0.25, -0.2) is 0 Å². The number of carbonyl (C=O) groups is 1. The zero-order valence-corrected chi connectivity index (χ0v) is 10.6. The van der Waals surface area contributed by atoms with Gasteiger partial charge >= 0.3 is 0 Å². The number of nitrogen functional groups attached to an aromatic ring is 1. The summed E-state index contributed by atoms with van der Waals surface area (Å²) in [5, 5.41) is 2.95. The van der Waals surface area contributed by atoms with Gasteiger partial charge in [0.2, 0.25) is 0 Å². The number of hydrogen-bond acceptors (Lipinski definition) is 4. The third kappa shape index (κ3) is 2.98. The maximum absolute atomic E-state index is 12.0. The summed E-state index contributed by atoms with van der Waals surface area (Å²) in [4.78, 5) is 15.8. The van der Waals surface area contributed by atoms with Crippen LogP contribution in [0.3, 0.4) is 0 Å². The van der Waals surface area contributed by atoms with Gasteiger partial charge in [0.1, 0.15) is 0 Å². The molecule has 1 fully saturated rings. The first-order chi connectivity index (χ1) is 8.67. The normalized spacial score (nSPS) is 16.3. The summed E-state index contributed by atoms with van der Waals surface area (Å²) < 4.78 is 5.09. The van der Waals surface area contributed by atoms with Gasteiger partial charge in [-0.15, -0.1) is 0 Å². The number of methoxy groups -OCH3 is 1. The number of carbonyl (C=O) groups excluding carboxylic acids is 1. The van der Waals surface area contributed by atoms with E-state index in [0.717, 1.165) is 25.9 Å². The Kier molecular flexibility index (Phi) is 3.81. The minimum Gasteiger partial charge on any atom is -0.397 e. The Bertz CT molecular complexity index is 430. The maximum atomic E-state index is 12.0. The second-order valence-corrected chi connectivity index (χ2v) is 4.89. The molecular formula is C13H19N3O2. The van der Waals surface area contributed by atoms with Crippen LogP contribution >= 0.6 is 0 Å².